The number of benzene rings is 1. The second-order valence-electron chi connectivity index (χ2n) is 6.26. The van der Waals surface area contributed by atoms with Crippen LogP contribution in [0.25, 0.3) is 10.7 Å². The standard InChI is InChI=1S/C20H22N4O3S2/c1-3-15(18(26)13-6-8-14(27-2)9-7-13)29-20-23-22-19(16-5-4-12-28-16)24(20)11-10-17(21)25/h4-9,12,15H,3,10-11H2,1-2H3,(H2,21,25). The first-order chi connectivity index (χ1) is 14.0. The Labute approximate surface area is 177 Å². The lowest BCUT2D eigenvalue weighted by molar-refractivity contribution is -0.118. The molecule has 29 heavy (non-hydrogen) atoms. The number of carbonyl (C=O) groups is 2. The van der Waals surface area contributed by atoms with Crippen LogP contribution in [0, 0.1) is 0 Å². The highest BCUT2D eigenvalue weighted by Gasteiger charge is 2.24. The maximum Gasteiger partial charge on any atom is 0.219 e. The summed E-state index contributed by atoms with van der Waals surface area (Å²) in [7, 11) is 1.59. The Bertz CT molecular complexity index is 968. The highest BCUT2D eigenvalue weighted by Crippen LogP contribution is 2.32. The molecular formula is C20H22N4O3S2. The third-order valence-corrected chi connectivity index (χ3v) is 6.54. The molecule has 0 aliphatic rings. The summed E-state index contributed by atoms with van der Waals surface area (Å²) in [4.78, 5) is 25.3. The van der Waals surface area contributed by atoms with Crippen molar-refractivity contribution in [2.75, 3.05) is 7.11 Å². The Morgan fingerprint density at radius 1 is 1.24 bits per heavy atom. The summed E-state index contributed by atoms with van der Waals surface area (Å²) in [6.45, 7) is 2.33. The fourth-order valence-electron chi connectivity index (χ4n) is 2.78. The van der Waals surface area contributed by atoms with Gasteiger partial charge in [0.1, 0.15) is 5.75 Å². The minimum atomic E-state index is -0.395. The van der Waals surface area contributed by atoms with Crippen LogP contribution >= 0.6 is 23.1 Å². The van der Waals surface area contributed by atoms with Crippen LogP contribution in [0.5, 0.6) is 5.75 Å². The van der Waals surface area contributed by atoms with Gasteiger partial charge in [-0.15, -0.1) is 21.5 Å². The fraction of sp³-hybridized carbons (Fsp3) is 0.300. The number of amides is 1. The molecule has 0 saturated carbocycles. The summed E-state index contributed by atoms with van der Waals surface area (Å²) >= 11 is 2.90. The van der Waals surface area contributed by atoms with Gasteiger partial charge in [-0.2, -0.15) is 0 Å². The molecule has 0 aliphatic heterocycles. The van der Waals surface area contributed by atoms with Crippen LogP contribution in [0.1, 0.15) is 30.1 Å². The van der Waals surface area contributed by atoms with E-state index in [-0.39, 0.29) is 17.5 Å². The quantitative estimate of drug-likeness (QED) is 0.389. The first-order valence-corrected chi connectivity index (χ1v) is 10.9. The molecule has 7 nitrogen and oxygen atoms in total. The van der Waals surface area contributed by atoms with Crippen LogP contribution < -0.4 is 10.5 Å². The zero-order valence-corrected chi connectivity index (χ0v) is 17.8. The molecule has 1 atom stereocenters. The number of Topliss-reactive ketones (excluding diaryl/α,β-unsaturated/α-hetero) is 1. The van der Waals surface area contributed by atoms with E-state index in [1.165, 1.54) is 11.8 Å². The van der Waals surface area contributed by atoms with Crippen molar-refractivity contribution < 1.29 is 14.3 Å². The molecule has 2 aromatic heterocycles. The number of hydrogen-bond donors (Lipinski definition) is 1. The fourth-order valence-corrected chi connectivity index (χ4v) is 4.55. The van der Waals surface area contributed by atoms with E-state index in [2.05, 4.69) is 10.2 Å². The molecule has 0 radical (unpaired) electrons. The molecular weight excluding hydrogens is 408 g/mol. The van der Waals surface area contributed by atoms with Crippen molar-refractivity contribution in [3.8, 4) is 16.5 Å². The Morgan fingerprint density at radius 3 is 2.59 bits per heavy atom. The van der Waals surface area contributed by atoms with Crippen molar-refractivity contribution in [3.05, 3.63) is 47.3 Å². The molecule has 3 rings (SSSR count). The molecule has 3 aromatic rings. The van der Waals surface area contributed by atoms with Crippen LogP contribution in [-0.2, 0) is 11.3 Å². The van der Waals surface area contributed by atoms with Crippen molar-refractivity contribution in [2.45, 2.75) is 36.7 Å². The van der Waals surface area contributed by atoms with Gasteiger partial charge in [-0.25, -0.2) is 0 Å². The third-order valence-electron chi connectivity index (χ3n) is 4.33. The summed E-state index contributed by atoms with van der Waals surface area (Å²) in [5, 5.41) is 10.8. The number of hydrogen-bond acceptors (Lipinski definition) is 7. The Morgan fingerprint density at radius 2 is 2.00 bits per heavy atom. The number of primary amides is 1. The maximum atomic E-state index is 13.0. The van der Waals surface area contributed by atoms with Crippen LogP contribution in [0.2, 0.25) is 0 Å². The van der Waals surface area contributed by atoms with Gasteiger partial charge in [0.15, 0.2) is 16.8 Å². The van der Waals surface area contributed by atoms with E-state index < -0.39 is 5.91 Å². The molecule has 152 valence electrons. The molecule has 0 aliphatic carbocycles. The average Bonchev–Trinajstić information content (AvgIpc) is 3.39. The van der Waals surface area contributed by atoms with Gasteiger partial charge in [-0.1, -0.05) is 24.8 Å². The number of carbonyl (C=O) groups excluding carboxylic acids is 2. The number of aromatic nitrogens is 3. The lowest BCUT2D eigenvalue weighted by Crippen LogP contribution is -2.19. The number of ketones is 1. The van der Waals surface area contributed by atoms with Crippen molar-refractivity contribution in [1.82, 2.24) is 14.8 Å². The van der Waals surface area contributed by atoms with Gasteiger partial charge in [0, 0.05) is 18.5 Å². The number of methoxy groups -OCH3 is 1. The van der Waals surface area contributed by atoms with E-state index in [1.807, 2.05) is 29.0 Å². The normalized spacial score (nSPS) is 11.9. The SMILES string of the molecule is CCC(Sc1nnc(-c2cccs2)n1CCC(N)=O)C(=O)c1ccc(OC)cc1. The minimum Gasteiger partial charge on any atom is -0.497 e. The lowest BCUT2D eigenvalue weighted by atomic mass is 10.1. The number of thiophene rings is 1. The van der Waals surface area contributed by atoms with E-state index in [0.717, 1.165) is 4.88 Å². The molecule has 9 heteroatoms. The minimum absolute atomic E-state index is 0.0160. The molecule has 0 bridgehead atoms. The molecule has 0 fully saturated rings. The number of rotatable bonds is 10. The Hall–Kier alpha value is -2.65. The van der Waals surface area contributed by atoms with Crippen LogP contribution in [0.4, 0.5) is 0 Å². The molecule has 0 saturated heterocycles. The van der Waals surface area contributed by atoms with Gasteiger partial charge in [-0.05, 0) is 42.1 Å². The van der Waals surface area contributed by atoms with Crippen molar-refractivity contribution in [3.63, 3.8) is 0 Å². The van der Waals surface area contributed by atoms with E-state index in [0.29, 0.717) is 35.3 Å². The second-order valence-corrected chi connectivity index (χ2v) is 8.38. The predicted molar refractivity (Wildman–Crippen MR) is 114 cm³/mol. The molecule has 1 aromatic carbocycles. The van der Waals surface area contributed by atoms with Crippen molar-refractivity contribution >= 4 is 34.8 Å². The highest BCUT2D eigenvalue weighted by atomic mass is 32.2. The summed E-state index contributed by atoms with van der Waals surface area (Å²) in [5.41, 5.74) is 5.96. The maximum absolute atomic E-state index is 13.0. The summed E-state index contributed by atoms with van der Waals surface area (Å²) in [6.07, 6.45) is 0.805. The van der Waals surface area contributed by atoms with Crippen LogP contribution in [0.3, 0.4) is 0 Å². The van der Waals surface area contributed by atoms with Gasteiger partial charge in [0.25, 0.3) is 0 Å². The first-order valence-electron chi connectivity index (χ1n) is 9.13. The molecule has 1 unspecified atom stereocenters. The van der Waals surface area contributed by atoms with Gasteiger partial charge >= 0.3 is 0 Å². The number of nitrogens with zero attached hydrogens (tertiary/aromatic N) is 3. The van der Waals surface area contributed by atoms with Crippen LogP contribution in [0.15, 0.2) is 46.9 Å². The van der Waals surface area contributed by atoms with Gasteiger partial charge in [0.2, 0.25) is 5.91 Å². The molecule has 2 heterocycles. The molecule has 2 N–H and O–H groups in total. The summed E-state index contributed by atoms with van der Waals surface area (Å²) in [6, 6.07) is 11.0. The number of thioether (sulfide) groups is 1. The van der Waals surface area contributed by atoms with Gasteiger partial charge in [0.05, 0.1) is 17.2 Å². The van der Waals surface area contributed by atoms with E-state index in [1.54, 1.807) is 42.7 Å². The number of ether oxygens (including phenoxy) is 1. The van der Waals surface area contributed by atoms with E-state index >= 15 is 0 Å². The van der Waals surface area contributed by atoms with Crippen molar-refractivity contribution in [1.29, 1.82) is 0 Å². The average molecular weight is 431 g/mol. The third kappa shape index (κ3) is 5.04. The first kappa shape index (κ1) is 21.1. The smallest absolute Gasteiger partial charge is 0.219 e. The van der Waals surface area contributed by atoms with E-state index in [4.69, 9.17) is 10.5 Å². The predicted octanol–water partition coefficient (Wildman–Crippen LogP) is 3.64. The zero-order chi connectivity index (χ0) is 20.8. The molecule has 1 amide bonds. The monoisotopic (exact) mass is 430 g/mol. The lowest BCUT2D eigenvalue weighted by Gasteiger charge is -2.14. The van der Waals surface area contributed by atoms with Gasteiger partial charge in [-0.3, -0.25) is 9.59 Å². The topological polar surface area (TPSA) is 100 Å². The van der Waals surface area contributed by atoms with Crippen molar-refractivity contribution in [2.24, 2.45) is 5.73 Å². The Kier molecular flexibility index (Phi) is 7.05. The highest BCUT2D eigenvalue weighted by molar-refractivity contribution is 8.00. The molecule has 0 spiro atoms. The van der Waals surface area contributed by atoms with E-state index in [9.17, 15) is 9.59 Å². The van der Waals surface area contributed by atoms with Gasteiger partial charge < -0.3 is 15.0 Å². The second kappa shape index (κ2) is 9.71. The summed E-state index contributed by atoms with van der Waals surface area (Å²) in [5.74, 6) is 1.000. The van der Waals surface area contributed by atoms with Crippen LogP contribution in [-0.4, -0.2) is 38.8 Å². The Balaban J connectivity index is 1.86. The zero-order valence-electron chi connectivity index (χ0n) is 16.2. The number of nitrogens with two attached hydrogens (primary N) is 1. The largest absolute Gasteiger partial charge is 0.497 e. The summed E-state index contributed by atoms with van der Waals surface area (Å²) < 4.78 is 7.02.